The summed E-state index contributed by atoms with van der Waals surface area (Å²) in [6, 6.07) is -2.96. The Morgan fingerprint density at radius 2 is 1.61 bits per heavy atom. The van der Waals surface area contributed by atoms with E-state index in [4.69, 9.17) is 10.8 Å². The van der Waals surface area contributed by atoms with Crippen LogP contribution in [0.2, 0.25) is 0 Å². The van der Waals surface area contributed by atoms with Gasteiger partial charge < -0.3 is 26.0 Å². The average molecular weight is 396 g/mol. The number of amides is 3. The van der Waals surface area contributed by atoms with E-state index in [9.17, 15) is 19.2 Å². The number of carboxylic acids is 1. The first-order chi connectivity index (χ1) is 13.1. The number of hydrogen-bond acceptors (Lipinski definition) is 5. The molecule has 0 aromatic rings. The van der Waals surface area contributed by atoms with Crippen LogP contribution in [0.4, 0.5) is 0 Å². The summed E-state index contributed by atoms with van der Waals surface area (Å²) >= 11 is 0. The number of nitrogens with two attached hydrogens (primary N) is 1. The van der Waals surface area contributed by atoms with E-state index in [1.807, 2.05) is 13.8 Å². The van der Waals surface area contributed by atoms with Gasteiger partial charge >= 0.3 is 5.97 Å². The largest absolute Gasteiger partial charge is 0.480 e. The van der Waals surface area contributed by atoms with Crippen molar-refractivity contribution in [1.29, 1.82) is 0 Å². The summed E-state index contributed by atoms with van der Waals surface area (Å²) in [5, 5.41) is 11.4. The van der Waals surface area contributed by atoms with Crippen LogP contribution in [0.3, 0.4) is 0 Å². The summed E-state index contributed by atoms with van der Waals surface area (Å²) in [5.74, 6) is -1.78. The molecule has 3 amide bonds. The Hall–Kier alpha value is -2.16. The average Bonchev–Trinajstić information content (AvgIpc) is 3.29. The Labute approximate surface area is 165 Å². The number of carbonyl (C=O) groups is 4. The summed E-state index contributed by atoms with van der Waals surface area (Å²) in [7, 11) is 0. The number of carbonyl (C=O) groups excluding carboxylic acids is 3. The van der Waals surface area contributed by atoms with E-state index in [1.165, 1.54) is 11.8 Å². The maximum Gasteiger partial charge on any atom is 0.325 e. The van der Waals surface area contributed by atoms with Crippen molar-refractivity contribution < 1.29 is 24.3 Å². The molecule has 0 aromatic heterocycles. The van der Waals surface area contributed by atoms with Crippen LogP contribution in [0.1, 0.15) is 52.9 Å². The van der Waals surface area contributed by atoms with Gasteiger partial charge in [0.1, 0.15) is 18.1 Å². The van der Waals surface area contributed by atoms with E-state index in [2.05, 4.69) is 5.32 Å². The van der Waals surface area contributed by atoms with Gasteiger partial charge in [0.2, 0.25) is 17.7 Å². The molecule has 4 N–H and O–H groups in total. The molecule has 9 nitrogen and oxygen atoms in total. The van der Waals surface area contributed by atoms with Crippen LogP contribution >= 0.6 is 0 Å². The number of carboxylic acid groups (broad SMARTS) is 1. The van der Waals surface area contributed by atoms with Crippen molar-refractivity contribution in [3.8, 4) is 0 Å². The van der Waals surface area contributed by atoms with E-state index in [1.54, 1.807) is 4.90 Å². The molecule has 2 heterocycles. The van der Waals surface area contributed by atoms with Gasteiger partial charge in [-0.1, -0.05) is 13.8 Å². The summed E-state index contributed by atoms with van der Waals surface area (Å²) in [6.07, 6.45) is 2.97. The third kappa shape index (κ3) is 5.01. The molecule has 9 heteroatoms. The lowest BCUT2D eigenvalue weighted by molar-refractivity contribution is -0.148. The Morgan fingerprint density at radius 3 is 2.18 bits per heavy atom. The van der Waals surface area contributed by atoms with Gasteiger partial charge in [0.15, 0.2) is 0 Å². The first-order valence-corrected chi connectivity index (χ1v) is 10.0. The second-order valence-electron chi connectivity index (χ2n) is 8.18. The Bertz CT molecular complexity index is 623. The number of hydrogen-bond donors (Lipinski definition) is 3. The molecule has 4 atom stereocenters. The van der Waals surface area contributed by atoms with Crippen molar-refractivity contribution in [2.45, 2.75) is 77.0 Å². The molecule has 2 saturated heterocycles. The van der Waals surface area contributed by atoms with E-state index >= 15 is 0 Å². The summed E-state index contributed by atoms with van der Waals surface area (Å²) in [6.45, 7) is 6.28. The van der Waals surface area contributed by atoms with Crippen LogP contribution in [-0.4, -0.2) is 75.9 Å². The zero-order chi connectivity index (χ0) is 21.0. The lowest BCUT2D eigenvalue weighted by atomic mass is 10.0. The van der Waals surface area contributed by atoms with Crippen LogP contribution in [0.15, 0.2) is 0 Å². The van der Waals surface area contributed by atoms with Crippen molar-refractivity contribution in [3.05, 3.63) is 0 Å². The molecular weight excluding hydrogens is 364 g/mol. The highest BCUT2D eigenvalue weighted by atomic mass is 16.4. The SMILES string of the molecule is CC(C)CC(N)C(=O)N1CCCC1C(=O)N1CCCC1C(=O)NC(C)C(=O)O. The van der Waals surface area contributed by atoms with Crippen LogP contribution < -0.4 is 11.1 Å². The molecule has 158 valence electrons. The minimum atomic E-state index is -1.13. The monoisotopic (exact) mass is 396 g/mol. The van der Waals surface area contributed by atoms with E-state index < -0.39 is 36.0 Å². The molecule has 2 aliphatic heterocycles. The third-order valence-electron chi connectivity index (χ3n) is 5.43. The zero-order valence-corrected chi connectivity index (χ0v) is 16.9. The zero-order valence-electron chi connectivity index (χ0n) is 16.9. The quantitative estimate of drug-likeness (QED) is 0.552. The highest BCUT2D eigenvalue weighted by Crippen LogP contribution is 2.26. The van der Waals surface area contributed by atoms with Crippen molar-refractivity contribution in [3.63, 3.8) is 0 Å². The van der Waals surface area contributed by atoms with Crippen LogP contribution in [0, 0.1) is 5.92 Å². The van der Waals surface area contributed by atoms with Gasteiger partial charge in [-0.3, -0.25) is 19.2 Å². The topological polar surface area (TPSA) is 133 Å². The molecule has 28 heavy (non-hydrogen) atoms. The number of likely N-dealkylation sites (tertiary alicyclic amines) is 2. The second kappa shape index (κ2) is 9.36. The van der Waals surface area contributed by atoms with Gasteiger partial charge in [-0.25, -0.2) is 0 Å². The standard InChI is InChI=1S/C19H32N4O5/c1-11(2)10-13(20)17(25)23-9-5-7-15(23)18(26)22-8-4-6-14(22)16(24)21-12(3)19(27)28/h11-15H,4-10,20H2,1-3H3,(H,21,24)(H,27,28). The predicted molar refractivity (Wildman–Crippen MR) is 102 cm³/mol. The molecule has 0 aromatic carbocycles. The van der Waals surface area contributed by atoms with Gasteiger partial charge in [0, 0.05) is 13.1 Å². The Balaban J connectivity index is 2.07. The first-order valence-electron chi connectivity index (χ1n) is 10.0. The normalized spacial score (nSPS) is 24.3. The molecule has 0 aliphatic carbocycles. The Morgan fingerprint density at radius 1 is 1.04 bits per heavy atom. The fourth-order valence-corrected chi connectivity index (χ4v) is 3.97. The van der Waals surface area contributed by atoms with E-state index in [-0.39, 0.29) is 17.7 Å². The smallest absolute Gasteiger partial charge is 0.325 e. The summed E-state index contributed by atoms with van der Waals surface area (Å²) < 4.78 is 0. The lowest BCUT2D eigenvalue weighted by Crippen LogP contribution is -2.56. The van der Waals surface area contributed by atoms with Crippen molar-refractivity contribution >= 4 is 23.7 Å². The molecule has 2 aliphatic rings. The van der Waals surface area contributed by atoms with Gasteiger partial charge in [-0.15, -0.1) is 0 Å². The van der Waals surface area contributed by atoms with Crippen LogP contribution in [-0.2, 0) is 19.2 Å². The molecule has 4 unspecified atom stereocenters. The fraction of sp³-hybridized carbons (Fsp3) is 0.789. The minimum Gasteiger partial charge on any atom is -0.480 e. The van der Waals surface area contributed by atoms with Gasteiger partial charge in [0.25, 0.3) is 0 Å². The summed E-state index contributed by atoms with van der Waals surface area (Å²) in [4.78, 5) is 52.4. The minimum absolute atomic E-state index is 0.218. The molecule has 0 radical (unpaired) electrons. The van der Waals surface area contributed by atoms with Gasteiger partial charge in [-0.05, 0) is 44.9 Å². The van der Waals surface area contributed by atoms with Gasteiger partial charge in [0.05, 0.1) is 6.04 Å². The summed E-state index contributed by atoms with van der Waals surface area (Å²) in [5.41, 5.74) is 6.04. The molecule has 0 saturated carbocycles. The molecule has 2 fully saturated rings. The third-order valence-corrected chi connectivity index (χ3v) is 5.43. The number of aliphatic carboxylic acids is 1. The molecule has 2 rings (SSSR count). The van der Waals surface area contributed by atoms with Gasteiger partial charge in [-0.2, -0.15) is 0 Å². The number of nitrogens with zero attached hydrogens (tertiary/aromatic N) is 2. The molecule has 0 bridgehead atoms. The highest BCUT2D eigenvalue weighted by Gasteiger charge is 2.43. The first kappa shape index (κ1) is 22.1. The molecule has 0 spiro atoms. The Kier molecular flexibility index (Phi) is 7.40. The van der Waals surface area contributed by atoms with Crippen LogP contribution in [0.25, 0.3) is 0 Å². The highest BCUT2D eigenvalue weighted by molar-refractivity contribution is 5.94. The fourth-order valence-electron chi connectivity index (χ4n) is 3.97. The lowest BCUT2D eigenvalue weighted by Gasteiger charge is -2.32. The van der Waals surface area contributed by atoms with Crippen molar-refractivity contribution in [1.82, 2.24) is 15.1 Å². The van der Waals surface area contributed by atoms with Crippen LogP contribution in [0.5, 0.6) is 0 Å². The second-order valence-corrected chi connectivity index (χ2v) is 8.18. The predicted octanol–water partition coefficient (Wildman–Crippen LogP) is -0.0689. The van der Waals surface area contributed by atoms with Crippen molar-refractivity contribution in [2.75, 3.05) is 13.1 Å². The number of nitrogens with one attached hydrogen (secondary N) is 1. The maximum absolute atomic E-state index is 13.1. The maximum atomic E-state index is 13.1. The van der Waals surface area contributed by atoms with Crippen molar-refractivity contribution in [2.24, 2.45) is 11.7 Å². The van der Waals surface area contributed by atoms with E-state index in [0.29, 0.717) is 38.8 Å². The molecular formula is C19H32N4O5. The van der Waals surface area contributed by atoms with E-state index in [0.717, 1.165) is 6.42 Å². The number of rotatable bonds is 7.